The van der Waals surface area contributed by atoms with E-state index in [1.54, 1.807) is 0 Å². The highest BCUT2D eigenvalue weighted by Gasteiger charge is 2.25. The number of carbonyl (C=O) groups is 1. The second-order valence-corrected chi connectivity index (χ2v) is 6.40. The van der Waals surface area contributed by atoms with E-state index in [1.165, 1.54) is 5.56 Å². The van der Waals surface area contributed by atoms with Crippen molar-refractivity contribution >= 4 is 14.2 Å². The molecule has 0 saturated heterocycles. The molecule has 114 valence electrons. The summed E-state index contributed by atoms with van der Waals surface area (Å²) in [5, 5.41) is 0. The maximum absolute atomic E-state index is 13.1. The van der Waals surface area contributed by atoms with E-state index in [1.807, 2.05) is 51.1 Å². The monoisotopic (exact) mass is 312 g/mol. The van der Waals surface area contributed by atoms with Crippen molar-refractivity contribution in [1.82, 2.24) is 0 Å². The smallest absolute Gasteiger partial charge is 0.171 e. The molecule has 0 fully saturated rings. The summed E-state index contributed by atoms with van der Waals surface area (Å²) in [6.45, 7) is 8.09. The summed E-state index contributed by atoms with van der Waals surface area (Å²) in [6, 6.07) is 11.7. The van der Waals surface area contributed by atoms with E-state index in [0.717, 1.165) is 27.8 Å². The largest absolute Gasteiger partial charge is 0.293 e. The first-order chi connectivity index (χ1) is 10.5. The maximum Gasteiger partial charge on any atom is 0.171 e. The molecule has 0 aliphatic rings. The summed E-state index contributed by atoms with van der Waals surface area (Å²) in [4.78, 5) is 13.1. The van der Waals surface area contributed by atoms with Crippen LogP contribution in [-0.2, 0) is 4.57 Å². The molecule has 1 unspecified atom stereocenters. The Hall–Kier alpha value is -1.79. The maximum atomic E-state index is 13.1. The van der Waals surface area contributed by atoms with Crippen LogP contribution in [0.15, 0.2) is 36.4 Å². The number of rotatable bonds is 5. The second-order valence-electron chi connectivity index (χ2n) is 5.77. The lowest BCUT2D eigenvalue weighted by Gasteiger charge is -2.19. The van der Waals surface area contributed by atoms with Crippen molar-refractivity contribution in [2.24, 2.45) is 0 Å². The predicted octanol–water partition coefficient (Wildman–Crippen LogP) is 5.18. The standard InChI is InChI=1S/C19H21O2P/c1-12-10-13(2)18(15(4)14(12)3)19(20)17(11-22-21)16-8-6-5-7-9-16/h5-10,17H,11H2,1-4H3. The van der Waals surface area contributed by atoms with Crippen molar-refractivity contribution in [2.45, 2.75) is 33.6 Å². The van der Waals surface area contributed by atoms with Crippen LogP contribution < -0.4 is 0 Å². The van der Waals surface area contributed by atoms with Crippen LogP contribution in [0.3, 0.4) is 0 Å². The SMILES string of the molecule is Cc1cc(C)c(C(=O)C(CP=O)c2ccccc2)c(C)c1C. The molecule has 0 aliphatic carbocycles. The third-order valence-electron chi connectivity index (χ3n) is 4.38. The topological polar surface area (TPSA) is 34.1 Å². The minimum atomic E-state index is -0.361. The molecule has 2 rings (SSSR count). The van der Waals surface area contributed by atoms with Crippen molar-refractivity contribution in [3.05, 3.63) is 69.8 Å². The van der Waals surface area contributed by atoms with Gasteiger partial charge in [-0.25, -0.2) is 0 Å². The Kier molecular flexibility index (Phi) is 5.26. The normalized spacial score (nSPS) is 12.4. The van der Waals surface area contributed by atoms with E-state index in [0.29, 0.717) is 6.16 Å². The second kappa shape index (κ2) is 6.98. The Bertz CT molecular complexity index is 705. The van der Waals surface area contributed by atoms with Gasteiger partial charge in [0.1, 0.15) is 0 Å². The van der Waals surface area contributed by atoms with Crippen molar-refractivity contribution in [3.8, 4) is 0 Å². The summed E-state index contributed by atoms with van der Waals surface area (Å²) in [6.07, 6.45) is 0.314. The third-order valence-corrected chi connectivity index (χ3v) is 4.89. The predicted molar refractivity (Wildman–Crippen MR) is 91.4 cm³/mol. The van der Waals surface area contributed by atoms with E-state index in [-0.39, 0.29) is 20.2 Å². The molecule has 22 heavy (non-hydrogen) atoms. The molecule has 0 saturated carbocycles. The third kappa shape index (κ3) is 3.18. The zero-order valence-corrected chi connectivity index (χ0v) is 14.4. The van der Waals surface area contributed by atoms with Crippen LogP contribution in [0.4, 0.5) is 0 Å². The van der Waals surface area contributed by atoms with Crippen molar-refractivity contribution < 1.29 is 9.36 Å². The van der Waals surface area contributed by atoms with Gasteiger partial charge in [0.15, 0.2) is 14.2 Å². The lowest BCUT2D eigenvalue weighted by Crippen LogP contribution is -2.18. The van der Waals surface area contributed by atoms with Crippen LogP contribution in [0.2, 0.25) is 0 Å². The summed E-state index contributed by atoms with van der Waals surface area (Å²) in [5.74, 6) is -0.299. The van der Waals surface area contributed by atoms with Gasteiger partial charge in [0, 0.05) is 11.7 Å². The number of ketones is 1. The number of hydrogen-bond acceptors (Lipinski definition) is 2. The van der Waals surface area contributed by atoms with Gasteiger partial charge in [0.05, 0.1) is 5.92 Å². The molecule has 0 spiro atoms. The molecule has 0 radical (unpaired) electrons. The molecule has 1 atom stereocenters. The van der Waals surface area contributed by atoms with Gasteiger partial charge in [0.25, 0.3) is 0 Å². The molecule has 0 N–H and O–H groups in total. The fourth-order valence-electron chi connectivity index (χ4n) is 2.94. The Labute approximate surface area is 133 Å². The first-order valence-electron chi connectivity index (χ1n) is 7.43. The van der Waals surface area contributed by atoms with Gasteiger partial charge in [-0.05, 0) is 55.5 Å². The van der Waals surface area contributed by atoms with Crippen LogP contribution in [0.1, 0.15) is 44.1 Å². The minimum absolute atomic E-state index is 0.00262. The van der Waals surface area contributed by atoms with E-state index < -0.39 is 0 Å². The van der Waals surface area contributed by atoms with Gasteiger partial charge in [0.2, 0.25) is 0 Å². The molecule has 3 heteroatoms. The van der Waals surface area contributed by atoms with E-state index in [2.05, 4.69) is 13.0 Å². The van der Waals surface area contributed by atoms with Crippen molar-refractivity contribution in [3.63, 3.8) is 0 Å². The number of aryl methyl sites for hydroxylation is 2. The minimum Gasteiger partial charge on any atom is -0.293 e. The van der Waals surface area contributed by atoms with Crippen LogP contribution >= 0.6 is 8.46 Å². The van der Waals surface area contributed by atoms with E-state index >= 15 is 0 Å². The average Bonchev–Trinajstić information content (AvgIpc) is 2.51. The molecule has 0 aliphatic heterocycles. The number of carbonyl (C=O) groups excluding carboxylic acids is 1. The summed E-state index contributed by atoms with van der Waals surface area (Å²) in [5.41, 5.74) is 6.08. The van der Waals surface area contributed by atoms with Crippen LogP contribution in [0.25, 0.3) is 0 Å². The summed E-state index contributed by atoms with van der Waals surface area (Å²) < 4.78 is 11.2. The molecule has 0 heterocycles. The van der Waals surface area contributed by atoms with E-state index in [4.69, 9.17) is 0 Å². The van der Waals surface area contributed by atoms with Crippen LogP contribution in [0.5, 0.6) is 0 Å². The highest BCUT2D eigenvalue weighted by atomic mass is 31.1. The average molecular weight is 312 g/mol. The molecule has 0 amide bonds. The van der Waals surface area contributed by atoms with Gasteiger partial charge in [-0.2, -0.15) is 0 Å². The Morgan fingerprint density at radius 1 is 1.00 bits per heavy atom. The summed E-state index contributed by atoms with van der Waals surface area (Å²) >= 11 is 0. The molecule has 0 aromatic heterocycles. The number of benzene rings is 2. The molecule has 2 aromatic carbocycles. The number of hydrogen-bond donors (Lipinski definition) is 0. The Morgan fingerprint density at radius 3 is 2.23 bits per heavy atom. The Balaban J connectivity index is 2.53. The lowest BCUT2D eigenvalue weighted by molar-refractivity contribution is 0.0966. The van der Waals surface area contributed by atoms with Gasteiger partial charge in [-0.1, -0.05) is 36.4 Å². The molecular weight excluding hydrogens is 291 g/mol. The highest BCUT2D eigenvalue weighted by Crippen LogP contribution is 2.29. The summed E-state index contributed by atoms with van der Waals surface area (Å²) in [7, 11) is -0.00262. The van der Waals surface area contributed by atoms with Crippen molar-refractivity contribution in [2.75, 3.05) is 6.16 Å². The van der Waals surface area contributed by atoms with E-state index in [9.17, 15) is 9.36 Å². The first-order valence-corrected chi connectivity index (χ1v) is 8.42. The van der Waals surface area contributed by atoms with Gasteiger partial charge >= 0.3 is 0 Å². The first kappa shape index (κ1) is 16.6. The fourth-order valence-corrected chi connectivity index (χ4v) is 3.46. The zero-order chi connectivity index (χ0) is 16.3. The van der Waals surface area contributed by atoms with Crippen molar-refractivity contribution in [1.29, 1.82) is 0 Å². The molecule has 2 nitrogen and oxygen atoms in total. The Morgan fingerprint density at radius 2 is 1.64 bits per heavy atom. The van der Waals surface area contributed by atoms with Gasteiger partial charge in [-0.15, -0.1) is 0 Å². The number of Topliss-reactive ketones (excluding diaryl/α,β-unsaturated/α-hetero) is 1. The molecule has 2 aromatic rings. The highest BCUT2D eigenvalue weighted by molar-refractivity contribution is 7.23. The molecular formula is C19H21O2P. The molecule has 0 bridgehead atoms. The zero-order valence-electron chi connectivity index (χ0n) is 13.5. The van der Waals surface area contributed by atoms with Crippen LogP contribution in [0, 0.1) is 27.7 Å². The van der Waals surface area contributed by atoms with Crippen LogP contribution in [-0.4, -0.2) is 11.9 Å². The fraction of sp³-hybridized carbons (Fsp3) is 0.316. The van der Waals surface area contributed by atoms with Gasteiger partial charge in [-0.3, -0.25) is 9.36 Å². The quantitative estimate of drug-likeness (QED) is 0.563. The lowest BCUT2D eigenvalue weighted by atomic mass is 9.85. The van der Waals surface area contributed by atoms with Gasteiger partial charge < -0.3 is 0 Å².